The van der Waals surface area contributed by atoms with Crippen molar-refractivity contribution in [1.82, 2.24) is 19.8 Å². The van der Waals surface area contributed by atoms with Crippen LogP contribution in [0.1, 0.15) is 38.6 Å². The average molecular weight is 365 g/mol. The van der Waals surface area contributed by atoms with Crippen molar-refractivity contribution in [2.24, 2.45) is 11.8 Å². The molecule has 0 radical (unpaired) electrons. The minimum absolute atomic E-state index is 0. The van der Waals surface area contributed by atoms with Gasteiger partial charge in [0.25, 0.3) is 0 Å². The van der Waals surface area contributed by atoms with Crippen molar-refractivity contribution in [3.63, 3.8) is 0 Å². The summed E-state index contributed by atoms with van der Waals surface area (Å²) in [5.41, 5.74) is 1.30. The van der Waals surface area contributed by atoms with Gasteiger partial charge < -0.3 is 5.32 Å². The van der Waals surface area contributed by atoms with Gasteiger partial charge in [0.05, 0.1) is 11.4 Å². The van der Waals surface area contributed by atoms with Gasteiger partial charge in [-0.1, -0.05) is 20.8 Å². The maximum Gasteiger partial charge on any atom is 0.244 e. The van der Waals surface area contributed by atoms with Crippen LogP contribution in [0.5, 0.6) is 0 Å². The van der Waals surface area contributed by atoms with Crippen LogP contribution in [0.4, 0.5) is 0 Å². The van der Waals surface area contributed by atoms with Gasteiger partial charge in [-0.15, -0.1) is 12.4 Å². The van der Waals surface area contributed by atoms with Crippen molar-refractivity contribution in [3.05, 3.63) is 11.4 Å². The number of nitrogens with one attached hydrogen (secondary N) is 2. The number of hydrogen-bond donors (Lipinski definition) is 2. The summed E-state index contributed by atoms with van der Waals surface area (Å²) in [4.78, 5) is 0.346. The molecule has 1 aromatic heterocycles. The molecular formula is C15H29ClN4O2S. The fourth-order valence-electron chi connectivity index (χ4n) is 3.04. The molecule has 0 amide bonds. The van der Waals surface area contributed by atoms with Crippen LogP contribution < -0.4 is 10.0 Å². The van der Waals surface area contributed by atoms with Crippen molar-refractivity contribution in [2.45, 2.75) is 58.5 Å². The third kappa shape index (κ3) is 4.68. The Bertz CT molecular complexity index is 628. The van der Waals surface area contributed by atoms with E-state index in [1.54, 1.807) is 11.6 Å². The summed E-state index contributed by atoms with van der Waals surface area (Å²) < 4.78 is 30.3. The number of aromatic nitrogens is 2. The van der Waals surface area contributed by atoms with Gasteiger partial charge in [-0.05, 0) is 45.2 Å². The molecule has 2 rings (SSSR count). The highest BCUT2D eigenvalue weighted by Gasteiger charge is 2.30. The molecule has 23 heavy (non-hydrogen) atoms. The molecule has 1 saturated heterocycles. The van der Waals surface area contributed by atoms with Crippen molar-refractivity contribution in [2.75, 3.05) is 13.1 Å². The van der Waals surface area contributed by atoms with Crippen molar-refractivity contribution in [3.8, 4) is 0 Å². The van der Waals surface area contributed by atoms with E-state index in [2.05, 4.69) is 35.9 Å². The molecule has 2 atom stereocenters. The average Bonchev–Trinajstić information content (AvgIpc) is 2.66. The van der Waals surface area contributed by atoms with E-state index in [1.807, 2.05) is 6.92 Å². The third-order valence-electron chi connectivity index (χ3n) is 4.21. The van der Waals surface area contributed by atoms with Crippen LogP contribution in [-0.2, 0) is 16.6 Å². The van der Waals surface area contributed by atoms with E-state index in [-0.39, 0.29) is 24.4 Å². The molecule has 2 heterocycles. The number of nitrogens with zero attached hydrogens (tertiary/aromatic N) is 2. The number of piperidine rings is 1. The zero-order valence-corrected chi connectivity index (χ0v) is 16.2. The Morgan fingerprint density at radius 3 is 2.61 bits per heavy atom. The van der Waals surface area contributed by atoms with Crippen molar-refractivity contribution >= 4 is 22.4 Å². The van der Waals surface area contributed by atoms with Crippen molar-refractivity contribution in [1.29, 1.82) is 0 Å². The minimum Gasteiger partial charge on any atom is -0.316 e. The van der Waals surface area contributed by atoms with E-state index < -0.39 is 10.0 Å². The quantitative estimate of drug-likeness (QED) is 0.836. The molecule has 0 aromatic carbocycles. The summed E-state index contributed by atoms with van der Waals surface area (Å²) in [6.45, 7) is 12.3. The van der Waals surface area contributed by atoms with Gasteiger partial charge in [-0.3, -0.25) is 4.68 Å². The molecule has 1 aliphatic heterocycles. The van der Waals surface area contributed by atoms with Gasteiger partial charge in [0.1, 0.15) is 4.90 Å². The molecule has 6 nitrogen and oxygen atoms in total. The molecule has 1 aromatic rings. The third-order valence-corrected chi connectivity index (χ3v) is 5.96. The topological polar surface area (TPSA) is 76.0 Å². The van der Waals surface area contributed by atoms with Crippen LogP contribution in [0.15, 0.2) is 4.90 Å². The number of aryl methyl sites for hydroxylation is 1. The van der Waals surface area contributed by atoms with E-state index in [1.165, 1.54) is 0 Å². The maximum absolute atomic E-state index is 12.8. The van der Waals surface area contributed by atoms with Gasteiger partial charge in [0.15, 0.2) is 0 Å². The molecule has 2 N–H and O–H groups in total. The van der Waals surface area contributed by atoms with Crippen LogP contribution in [0.3, 0.4) is 0 Å². The molecule has 1 aliphatic rings. The highest BCUT2D eigenvalue weighted by Crippen LogP contribution is 2.22. The zero-order valence-electron chi connectivity index (χ0n) is 14.6. The number of halogens is 1. The lowest BCUT2D eigenvalue weighted by molar-refractivity contribution is 0.328. The smallest absolute Gasteiger partial charge is 0.244 e. The second-order valence-electron chi connectivity index (χ2n) is 6.77. The summed E-state index contributed by atoms with van der Waals surface area (Å²) in [6.07, 6.45) is 0.818. The van der Waals surface area contributed by atoms with Crippen LogP contribution >= 0.6 is 12.4 Å². The van der Waals surface area contributed by atoms with Gasteiger partial charge in [0.2, 0.25) is 10.0 Å². The van der Waals surface area contributed by atoms with E-state index in [4.69, 9.17) is 0 Å². The Morgan fingerprint density at radius 2 is 2.04 bits per heavy atom. The molecule has 134 valence electrons. The molecule has 0 saturated carbocycles. The standard InChI is InChI=1S/C15H28N4O2S.ClH/c1-10(2)9-19-13(5)15(12(4)17-19)22(20,21)18-14-6-7-16-8-11(14)3;/h10-11,14,16,18H,6-9H2,1-5H3;1H. The fourth-order valence-corrected chi connectivity index (χ4v) is 4.83. The van der Waals surface area contributed by atoms with Gasteiger partial charge in [0, 0.05) is 12.6 Å². The van der Waals surface area contributed by atoms with Gasteiger partial charge >= 0.3 is 0 Å². The second kappa shape index (κ2) is 7.96. The molecule has 0 bridgehead atoms. The SMILES string of the molecule is Cc1nn(CC(C)C)c(C)c1S(=O)(=O)NC1CCNCC1C.Cl. The predicted octanol–water partition coefficient (Wildman–Crippen LogP) is 1.85. The lowest BCUT2D eigenvalue weighted by Gasteiger charge is -2.30. The summed E-state index contributed by atoms with van der Waals surface area (Å²) in [7, 11) is -3.53. The van der Waals surface area contributed by atoms with E-state index in [9.17, 15) is 8.42 Å². The van der Waals surface area contributed by atoms with Crippen LogP contribution in [0, 0.1) is 25.7 Å². The summed E-state index contributed by atoms with van der Waals surface area (Å²) in [6, 6.07) is -0.0153. The predicted molar refractivity (Wildman–Crippen MR) is 94.5 cm³/mol. The number of rotatable bonds is 5. The summed E-state index contributed by atoms with van der Waals surface area (Å²) in [5.74, 6) is 0.709. The van der Waals surface area contributed by atoms with Crippen LogP contribution in [0.2, 0.25) is 0 Å². The highest BCUT2D eigenvalue weighted by atomic mass is 35.5. The monoisotopic (exact) mass is 364 g/mol. The second-order valence-corrected chi connectivity index (χ2v) is 8.42. The van der Waals surface area contributed by atoms with Gasteiger partial charge in [-0.2, -0.15) is 5.10 Å². The maximum atomic E-state index is 12.8. The first-order valence-corrected chi connectivity index (χ1v) is 9.47. The molecule has 2 unspecified atom stereocenters. The Morgan fingerprint density at radius 1 is 1.39 bits per heavy atom. The molecule has 8 heteroatoms. The van der Waals surface area contributed by atoms with Crippen LogP contribution in [-0.4, -0.2) is 37.3 Å². The zero-order chi connectivity index (χ0) is 16.5. The molecule has 0 spiro atoms. The van der Waals surface area contributed by atoms with E-state index >= 15 is 0 Å². The number of sulfonamides is 1. The van der Waals surface area contributed by atoms with Gasteiger partial charge in [-0.25, -0.2) is 13.1 Å². The molecule has 1 fully saturated rings. The molecule has 0 aliphatic carbocycles. The first-order valence-electron chi connectivity index (χ1n) is 7.99. The lowest BCUT2D eigenvalue weighted by atomic mass is 9.97. The Hall–Kier alpha value is -0.630. The van der Waals surface area contributed by atoms with E-state index in [0.717, 1.165) is 31.7 Å². The fraction of sp³-hybridized carbons (Fsp3) is 0.800. The summed E-state index contributed by atoms with van der Waals surface area (Å²) in [5, 5.41) is 7.70. The normalized spacial score (nSPS) is 22.2. The van der Waals surface area contributed by atoms with E-state index in [0.29, 0.717) is 16.5 Å². The lowest BCUT2D eigenvalue weighted by Crippen LogP contribution is -2.48. The summed E-state index contributed by atoms with van der Waals surface area (Å²) >= 11 is 0. The first kappa shape index (κ1) is 20.4. The Balaban J connectivity index is 0.00000264. The van der Waals surface area contributed by atoms with Crippen LogP contribution in [0.25, 0.3) is 0 Å². The first-order chi connectivity index (χ1) is 10.2. The Kier molecular flexibility index (Phi) is 7.07. The molecular weight excluding hydrogens is 336 g/mol. The Labute approximate surface area is 145 Å². The highest BCUT2D eigenvalue weighted by molar-refractivity contribution is 7.89. The van der Waals surface area contributed by atoms with Crippen molar-refractivity contribution < 1.29 is 8.42 Å². The minimum atomic E-state index is -3.53. The number of hydrogen-bond acceptors (Lipinski definition) is 4. The largest absolute Gasteiger partial charge is 0.316 e.